The van der Waals surface area contributed by atoms with Crippen LogP contribution in [0.4, 0.5) is 0 Å². The quantitative estimate of drug-likeness (QED) is 0.500. The van der Waals surface area contributed by atoms with Crippen LogP contribution in [0.5, 0.6) is 0 Å². The van der Waals surface area contributed by atoms with Crippen LogP contribution in [0.25, 0.3) is 0 Å². The molecule has 1 fully saturated rings. The Balaban J connectivity index is 2.40. The van der Waals surface area contributed by atoms with Crippen LogP contribution in [0.1, 0.15) is 25.7 Å². The first-order chi connectivity index (χ1) is 3.79. The summed E-state index contributed by atoms with van der Waals surface area (Å²) in [5.41, 5.74) is 0.740. The molecule has 1 aliphatic carbocycles. The Hall–Kier alpha value is -0.660. The van der Waals surface area contributed by atoms with E-state index >= 15 is 0 Å². The average molecular weight is 111 g/mol. The van der Waals surface area contributed by atoms with Gasteiger partial charge in [-0.2, -0.15) is 0 Å². The molecule has 1 saturated carbocycles. The molecule has 0 aromatic rings. The van der Waals surface area contributed by atoms with E-state index in [1.807, 2.05) is 0 Å². The van der Waals surface area contributed by atoms with Gasteiger partial charge in [-0.1, -0.05) is 0 Å². The molecule has 0 bridgehead atoms. The Kier molecular flexibility index (Phi) is 1.42. The molecule has 0 aliphatic heterocycles. The molecule has 0 aromatic heterocycles. The summed E-state index contributed by atoms with van der Waals surface area (Å²) in [7, 11) is 0. The van der Waals surface area contributed by atoms with Gasteiger partial charge >= 0.3 is 0 Å². The zero-order chi connectivity index (χ0) is 5.98. The molecule has 0 heterocycles. The molecule has 8 heavy (non-hydrogen) atoms. The minimum absolute atomic E-state index is 0.320. The minimum Gasteiger partial charge on any atom is -0.310 e. The highest BCUT2D eigenvalue weighted by Crippen LogP contribution is 2.09. The van der Waals surface area contributed by atoms with Gasteiger partial charge in [-0.25, -0.2) is 0 Å². The summed E-state index contributed by atoms with van der Waals surface area (Å²) in [5.74, 6) is 0.320. The second kappa shape index (κ2) is 2.07. The van der Waals surface area contributed by atoms with Crippen LogP contribution in [0, 0.1) is 5.41 Å². The SMILES string of the molecule is N=C1CCC(=O)CC1. The molecule has 0 amide bonds. The monoisotopic (exact) mass is 111 g/mol. The molecule has 0 saturated heterocycles. The van der Waals surface area contributed by atoms with Crippen molar-refractivity contribution in [1.82, 2.24) is 0 Å². The number of hydrogen-bond acceptors (Lipinski definition) is 2. The zero-order valence-electron chi connectivity index (χ0n) is 4.74. The van der Waals surface area contributed by atoms with Crippen LogP contribution >= 0.6 is 0 Å². The van der Waals surface area contributed by atoms with Gasteiger partial charge in [-0.05, 0) is 12.8 Å². The van der Waals surface area contributed by atoms with Gasteiger partial charge < -0.3 is 5.41 Å². The zero-order valence-corrected chi connectivity index (χ0v) is 4.74. The highest BCUT2D eigenvalue weighted by atomic mass is 16.1. The summed E-state index contributed by atoms with van der Waals surface area (Å²) in [4.78, 5) is 10.5. The fourth-order valence-electron chi connectivity index (χ4n) is 0.831. The summed E-state index contributed by atoms with van der Waals surface area (Å²) >= 11 is 0. The lowest BCUT2D eigenvalue weighted by Crippen LogP contribution is -2.11. The van der Waals surface area contributed by atoms with Gasteiger partial charge in [0.25, 0.3) is 0 Å². The summed E-state index contributed by atoms with van der Waals surface area (Å²) < 4.78 is 0. The molecule has 0 unspecified atom stereocenters. The van der Waals surface area contributed by atoms with E-state index in [9.17, 15) is 4.79 Å². The first-order valence-corrected chi connectivity index (χ1v) is 2.87. The molecule has 0 radical (unpaired) electrons. The summed E-state index contributed by atoms with van der Waals surface area (Å²) in [6.07, 6.45) is 2.63. The smallest absolute Gasteiger partial charge is 0.133 e. The van der Waals surface area contributed by atoms with Crippen LogP contribution in [-0.4, -0.2) is 11.5 Å². The maximum Gasteiger partial charge on any atom is 0.133 e. The van der Waals surface area contributed by atoms with Gasteiger partial charge in [0.1, 0.15) is 5.78 Å². The van der Waals surface area contributed by atoms with Crippen molar-refractivity contribution < 1.29 is 4.79 Å². The molecular formula is C6H9NO. The fraction of sp³-hybridized carbons (Fsp3) is 0.667. The Labute approximate surface area is 48.4 Å². The molecule has 1 rings (SSSR count). The number of Topliss-reactive ketones (excluding diaryl/α,β-unsaturated/α-hetero) is 1. The highest BCUT2D eigenvalue weighted by molar-refractivity contribution is 5.94. The Morgan fingerprint density at radius 1 is 1.12 bits per heavy atom. The van der Waals surface area contributed by atoms with Crippen LogP contribution in [0.3, 0.4) is 0 Å². The lowest BCUT2D eigenvalue weighted by molar-refractivity contribution is -0.119. The number of carbonyl (C=O) groups is 1. The second-order valence-corrected chi connectivity index (χ2v) is 2.14. The highest BCUT2D eigenvalue weighted by Gasteiger charge is 2.11. The number of rotatable bonds is 0. The first-order valence-electron chi connectivity index (χ1n) is 2.87. The van der Waals surface area contributed by atoms with Crippen molar-refractivity contribution in [1.29, 1.82) is 5.41 Å². The predicted octanol–water partition coefficient (Wildman–Crippen LogP) is 1.15. The van der Waals surface area contributed by atoms with Crippen molar-refractivity contribution >= 4 is 11.5 Å². The van der Waals surface area contributed by atoms with E-state index < -0.39 is 0 Å². The average Bonchev–Trinajstić information content (AvgIpc) is 1.77. The van der Waals surface area contributed by atoms with Gasteiger partial charge in [-0.15, -0.1) is 0 Å². The number of ketones is 1. The van der Waals surface area contributed by atoms with Crippen molar-refractivity contribution in [3.05, 3.63) is 0 Å². The molecule has 2 heteroatoms. The number of nitrogens with one attached hydrogen (secondary N) is 1. The van der Waals surface area contributed by atoms with Crippen LogP contribution < -0.4 is 0 Å². The van der Waals surface area contributed by atoms with Gasteiger partial charge in [0.05, 0.1) is 0 Å². The van der Waals surface area contributed by atoms with E-state index in [1.165, 1.54) is 0 Å². The Morgan fingerprint density at radius 2 is 1.62 bits per heavy atom. The largest absolute Gasteiger partial charge is 0.310 e. The molecule has 44 valence electrons. The van der Waals surface area contributed by atoms with E-state index in [2.05, 4.69) is 0 Å². The first kappa shape index (κ1) is 5.48. The molecule has 0 atom stereocenters. The topological polar surface area (TPSA) is 40.9 Å². The van der Waals surface area contributed by atoms with E-state index in [1.54, 1.807) is 0 Å². The van der Waals surface area contributed by atoms with E-state index in [4.69, 9.17) is 5.41 Å². The maximum absolute atomic E-state index is 10.5. The minimum atomic E-state index is 0.320. The lowest BCUT2D eigenvalue weighted by Gasteiger charge is -2.07. The predicted molar refractivity (Wildman–Crippen MR) is 31.2 cm³/mol. The maximum atomic E-state index is 10.5. The summed E-state index contributed by atoms with van der Waals surface area (Å²) in [6, 6.07) is 0. The van der Waals surface area contributed by atoms with Crippen LogP contribution in [0.2, 0.25) is 0 Å². The summed E-state index contributed by atoms with van der Waals surface area (Å²) in [6.45, 7) is 0. The number of hydrogen-bond donors (Lipinski definition) is 1. The molecule has 1 N–H and O–H groups in total. The molecule has 1 aliphatic rings. The van der Waals surface area contributed by atoms with Crippen molar-refractivity contribution in [3.8, 4) is 0 Å². The molecule has 2 nitrogen and oxygen atoms in total. The van der Waals surface area contributed by atoms with Gasteiger partial charge in [0, 0.05) is 18.6 Å². The number of carbonyl (C=O) groups excluding carboxylic acids is 1. The van der Waals surface area contributed by atoms with Crippen molar-refractivity contribution in [2.45, 2.75) is 25.7 Å². The third-order valence-corrected chi connectivity index (χ3v) is 1.41. The standard InChI is InChI=1S/C6H9NO/c7-5-1-3-6(8)4-2-5/h7H,1-4H2. The van der Waals surface area contributed by atoms with Crippen LogP contribution in [0.15, 0.2) is 0 Å². The van der Waals surface area contributed by atoms with Crippen molar-refractivity contribution in [2.75, 3.05) is 0 Å². The molecule has 0 aromatic carbocycles. The fourth-order valence-corrected chi connectivity index (χ4v) is 0.831. The van der Waals surface area contributed by atoms with Gasteiger partial charge in [0.15, 0.2) is 0 Å². The molecule has 0 spiro atoms. The van der Waals surface area contributed by atoms with E-state index in [0.29, 0.717) is 31.5 Å². The normalized spacial score (nSPS) is 21.5. The van der Waals surface area contributed by atoms with Crippen molar-refractivity contribution in [3.63, 3.8) is 0 Å². The third kappa shape index (κ3) is 1.15. The van der Waals surface area contributed by atoms with Crippen LogP contribution in [-0.2, 0) is 4.79 Å². The molecular weight excluding hydrogens is 102 g/mol. The van der Waals surface area contributed by atoms with Gasteiger partial charge in [-0.3, -0.25) is 4.79 Å². The van der Waals surface area contributed by atoms with Crippen molar-refractivity contribution in [2.24, 2.45) is 0 Å². The Bertz CT molecular complexity index is 100. The third-order valence-electron chi connectivity index (χ3n) is 1.41. The van der Waals surface area contributed by atoms with E-state index in [0.717, 1.165) is 5.71 Å². The summed E-state index contributed by atoms with van der Waals surface area (Å²) in [5, 5.41) is 7.13. The van der Waals surface area contributed by atoms with Gasteiger partial charge in [0.2, 0.25) is 0 Å². The van der Waals surface area contributed by atoms with E-state index in [-0.39, 0.29) is 0 Å². The Morgan fingerprint density at radius 3 is 2.00 bits per heavy atom. The second-order valence-electron chi connectivity index (χ2n) is 2.14. The lowest BCUT2D eigenvalue weighted by atomic mass is 9.98.